The van der Waals surface area contributed by atoms with E-state index in [0.29, 0.717) is 44.8 Å². The Balaban J connectivity index is 1.65. The molecule has 0 aromatic heterocycles. The molecule has 0 bridgehead atoms. The number of benzene rings is 2. The number of hydrogen-bond acceptors (Lipinski definition) is 8. The second-order valence-corrected chi connectivity index (χ2v) is 13.9. The number of hydrogen-bond donors (Lipinski definition) is 4. The van der Waals surface area contributed by atoms with Crippen LogP contribution in [0.1, 0.15) is 57.6 Å². The van der Waals surface area contributed by atoms with Gasteiger partial charge in [-0.25, -0.2) is 8.42 Å². The fourth-order valence-corrected chi connectivity index (χ4v) is 7.21. The van der Waals surface area contributed by atoms with Crippen molar-refractivity contribution < 1.29 is 32.6 Å². The number of nitrogens with zero attached hydrogens (tertiary/aromatic N) is 1. The lowest BCUT2D eigenvalue weighted by atomic mass is 9.98. The third-order valence-corrected chi connectivity index (χ3v) is 9.56. The van der Waals surface area contributed by atoms with Gasteiger partial charge < -0.3 is 30.5 Å². The highest BCUT2D eigenvalue weighted by Crippen LogP contribution is 2.33. The highest BCUT2D eigenvalue weighted by Gasteiger charge is 2.43. The van der Waals surface area contributed by atoms with Crippen LogP contribution in [0.4, 0.5) is 0 Å². The van der Waals surface area contributed by atoms with Gasteiger partial charge in [0, 0.05) is 58.5 Å². The largest absolute Gasteiger partial charge is 0.493 e. The van der Waals surface area contributed by atoms with Crippen LogP contribution in [-0.4, -0.2) is 87.9 Å². The first-order valence-corrected chi connectivity index (χ1v) is 17.2. The third kappa shape index (κ3) is 11.4. The van der Waals surface area contributed by atoms with E-state index in [4.69, 9.17) is 9.47 Å². The molecular formula is C33H50N4O7S. The average Bonchev–Trinajstić information content (AvgIpc) is 3.47. The molecule has 45 heavy (non-hydrogen) atoms. The fourth-order valence-electron chi connectivity index (χ4n) is 5.33. The summed E-state index contributed by atoms with van der Waals surface area (Å²) in [7, 11) is -2.52. The minimum Gasteiger partial charge on any atom is -0.493 e. The monoisotopic (exact) mass is 646 g/mol. The predicted octanol–water partition coefficient (Wildman–Crippen LogP) is 2.62. The summed E-state index contributed by atoms with van der Waals surface area (Å²) in [5, 5.41) is 21.0. The predicted molar refractivity (Wildman–Crippen MR) is 173 cm³/mol. The number of carbonyl (C=O) groups excluding carboxylic acids is 2. The fraction of sp³-hybridized carbons (Fsp3) is 0.576. The molecule has 2 unspecified atom stereocenters. The molecule has 11 nitrogen and oxygen atoms in total. The first kappa shape index (κ1) is 36.4. The molecule has 2 aromatic carbocycles. The molecule has 1 aliphatic heterocycles. The Hall–Kier alpha value is -3.03. The number of fused-ring (bicyclic) bond motifs is 1. The maximum absolute atomic E-state index is 14.2. The summed E-state index contributed by atoms with van der Waals surface area (Å²) in [6.07, 6.45) is 2.11. The Labute approximate surface area is 268 Å². The molecule has 250 valence electrons. The molecule has 2 amide bonds. The topological polar surface area (TPSA) is 146 Å². The van der Waals surface area contributed by atoms with E-state index in [2.05, 4.69) is 16.0 Å². The van der Waals surface area contributed by atoms with E-state index in [-0.39, 0.29) is 67.6 Å². The Bertz CT molecular complexity index is 1340. The summed E-state index contributed by atoms with van der Waals surface area (Å²) in [4.78, 5) is 24.9. The minimum atomic E-state index is -4.12. The second-order valence-electron chi connectivity index (χ2n) is 12.1. The molecule has 0 radical (unpaired) electrons. The van der Waals surface area contributed by atoms with Crippen LogP contribution in [0.25, 0.3) is 0 Å². The maximum Gasteiger partial charge on any atom is 0.245 e. The van der Waals surface area contributed by atoms with E-state index in [9.17, 15) is 23.1 Å². The summed E-state index contributed by atoms with van der Waals surface area (Å²) in [5.41, 5.74) is -0.196. The van der Waals surface area contributed by atoms with Crippen LogP contribution in [0.3, 0.4) is 0 Å². The van der Waals surface area contributed by atoms with Gasteiger partial charge in [0.05, 0.1) is 24.7 Å². The second kappa shape index (κ2) is 17.6. The third-order valence-electron chi connectivity index (χ3n) is 7.64. The van der Waals surface area contributed by atoms with Crippen molar-refractivity contribution >= 4 is 21.8 Å². The van der Waals surface area contributed by atoms with Gasteiger partial charge in [-0.05, 0) is 55.0 Å². The molecule has 3 rings (SSSR count). The zero-order chi connectivity index (χ0) is 32.9. The number of ether oxygens (including phenoxy) is 2. The van der Waals surface area contributed by atoms with Crippen LogP contribution >= 0.6 is 0 Å². The van der Waals surface area contributed by atoms with E-state index >= 15 is 0 Å². The minimum absolute atomic E-state index is 0.00380. The summed E-state index contributed by atoms with van der Waals surface area (Å²) < 4.78 is 40.1. The summed E-state index contributed by atoms with van der Waals surface area (Å²) in [5.74, 6) is 0.292. The van der Waals surface area contributed by atoms with Gasteiger partial charge in [-0.1, -0.05) is 44.2 Å². The molecule has 0 fully saturated rings. The smallest absolute Gasteiger partial charge is 0.245 e. The van der Waals surface area contributed by atoms with Crippen LogP contribution < -0.4 is 20.7 Å². The van der Waals surface area contributed by atoms with Gasteiger partial charge in [-0.15, -0.1) is 0 Å². The first-order chi connectivity index (χ1) is 21.4. The van der Waals surface area contributed by atoms with Gasteiger partial charge in [-0.2, -0.15) is 4.31 Å². The van der Waals surface area contributed by atoms with Crippen LogP contribution in [-0.2, 0) is 37.2 Å². The number of sulfonamides is 1. The van der Waals surface area contributed by atoms with Crippen LogP contribution in [0.2, 0.25) is 0 Å². The number of aliphatic hydroxyl groups is 1. The Morgan fingerprint density at radius 1 is 1.09 bits per heavy atom. The van der Waals surface area contributed by atoms with Crippen molar-refractivity contribution in [1.29, 1.82) is 0 Å². The molecule has 1 heterocycles. The van der Waals surface area contributed by atoms with Crippen molar-refractivity contribution in [1.82, 2.24) is 20.3 Å². The molecule has 0 saturated heterocycles. The SMILES string of the molecule is COCCNCC(=O)NC(C)CCCC(=O)NCCC(O)(Cc1ccccc1)N(CC(C)C)S(=O)(=O)c1ccc2c(c1)CCO2. The van der Waals surface area contributed by atoms with Gasteiger partial charge in [0.2, 0.25) is 21.8 Å². The summed E-state index contributed by atoms with van der Waals surface area (Å²) in [6.45, 7) is 7.71. The highest BCUT2D eigenvalue weighted by atomic mass is 32.2. The van der Waals surface area contributed by atoms with Crippen molar-refractivity contribution in [2.45, 2.75) is 76.0 Å². The molecule has 12 heteroatoms. The first-order valence-electron chi connectivity index (χ1n) is 15.7. The lowest BCUT2D eigenvalue weighted by Crippen LogP contribution is -2.55. The molecule has 2 aromatic rings. The molecule has 2 atom stereocenters. The maximum atomic E-state index is 14.2. The van der Waals surface area contributed by atoms with E-state index in [1.54, 1.807) is 19.2 Å². The summed E-state index contributed by atoms with van der Waals surface area (Å²) in [6, 6.07) is 14.0. The van der Waals surface area contributed by atoms with Crippen molar-refractivity contribution in [3.05, 3.63) is 59.7 Å². The molecule has 0 aliphatic carbocycles. The van der Waals surface area contributed by atoms with Gasteiger partial charge >= 0.3 is 0 Å². The lowest BCUT2D eigenvalue weighted by molar-refractivity contribution is -0.122. The molecule has 1 aliphatic rings. The Kier molecular flexibility index (Phi) is 14.3. The van der Waals surface area contributed by atoms with Crippen molar-refractivity contribution in [3.8, 4) is 5.75 Å². The lowest BCUT2D eigenvalue weighted by Gasteiger charge is -2.40. The number of methoxy groups -OCH3 is 1. The molecule has 0 saturated carbocycles. The molecule has 0 spiro atoms. The van der Waals surface area contributed by atoms with Crippen LogP contribution in [0.15, 0.2) is 53.4 Å². The average molecular weight is 647 g/mol. The normalized spacial score (nSPS) is 14.9. The van der Waals surface area contributed by atoms with Gasteiger partial charge in [0.25, 0.3) is 0 Å². The zero-order valence-corrected chi connectivity index (χ0v) is 27.8. The van der Waals surface area contributed by atoms with Crippen molar-refractivity contribution in [2.75, 3.05) is 46.5 Å². The number of amides is 2. The van der Waals surface area contributed by atoms with Crippen molar-refractivity contribution in [3.63, 3.8) is 0 Å². The highest BCUT2D eigenvalue weighted by molar-refractivity contribution is 7.89. The number of rotatable bonds is 20. The van der Waals surface area contributed by atoms with E-state index in [0.717, 1.165) is 11.1 Å². The van der Waals surface area contributed by atoms with Gasteiger partial charge in [-0.3, -0.25) is 9.59 Å². The summed E-state index contributed by atoms with van der Waals surface area (Å²) >= 11 is 0. The van der Waals surface area contributed by atoms with Gasteiger partial charge in [0.1, 0.15) is 11.5 Å². The zero-order valence-electron chi connectivity index (χ0n) is 27.0. The number of nitrogens with one attached hydrogen (secondary N) is 3. The number of carbonyl (C=O) groups is 2. The van der Waals surface area contributed by atoms with Crippen LogP contribution in [0.5, 0.6) is 5.75 Å². The van der Waals surface area contributed by atoms with Gasteiger partial charge in [0.15, 0.2) is 0 Å². The Morgan fingerprint density at radius 2 is 1.84 bits per heavy atom. The van der Waals surface area contributed by atoms with Crippen molar-refractivity contribution in [2.24, 2.45) is 5.92 Å². The van der Waals surface area contributed by atoms with E-state index in [1.807, 2.05) is 51.1 Å². The standard InChI is InChI=1S/C33H50N4O7S/c1-25(2)24-37(45(41,42)29-13-14-30-28(21-29)15-19-44-30)33(40,22-27-10-6-5-7-11-27)16-17-35-31(38)12-8-9-26(3)36-32(39)23-34-18-20-43-4/h5-7,10-11,13-14,21,25-26,34,40H,8-9,12,15-20,22-24H2,1-4H3,(H,35,38)(H,36,39). The van der Waals surface area contributed by atoms with E-state index in [1.165, 1.54) is 10.4 Å². The Morgan fingerprint density at radius 3 is 2.56 bits per heavy atom. The van der Waals surface area contributed by atoms with E-state index < -0.39 is 15.7 Å². The molecular weight excluding hydrogens is 596 g/mol. The molecule has 4 N–H and O–H groups in total. The van der Waals surface area contributed by atoms with Crippen LogP contribution in [0, 0.1) is 5.92 Å². The quantitative estimate of drug-likeness (QED) is 0.127.